The van der Waals surface area contributed by atoms with Gasteiger partial charge in [-0.1, -0.05) is 12.1 Å². The number of rotatable bonds is 4. The molecule has 2 rings (SSSR count). The summed E-state index contributed by atoms with van der Waals surface area (Å²) >= 11 is 0. The second-order valence-electron chi connectivity index (χ2n) is 4.17. The van der Waals surface area contributed by atoms with Crippen LogP contribution in [0.25, 0.3) is 0 Å². The second kappa shape index (κ2) is 4.96. The number of aromatic carboxylic acids is 1. The van der Waals surface area contributed by atoms with E-state index in [1.165, 1.54) is 17.2 Å². The molecule has 0 bridgehead atoms. The van der Waals surface area contributed by atoms with Crippen molar-refractivity contribution in [1.82, 2.24) is 0 Å². The fourth-order valence-corrected chi connectivity index (χ4v) is 1.71. The number of carboxylic acids is 1. The Bertz CT molecular complexity index is 572. The van der Waals surface area contributed by atoms with Crippen LogP contribution in [0.2, 0.25) is 0 Å². The minimum Gasteiger partial charge on any atom is -0.475 e. The summed E-state index contributed by atoms with van der Waals surface area (Å²) in [5.41, 5.74) is 3.43. The van der Waals surface area contributed by atoms with E-state index in [0.717, 1.165) is 5.69 Å². The molecule has 0 amide bonds. The van der Waals surface area contributed by atoms with Gasteiger partial charge in [0.05, 0.1) is 6.54 Å². The molecule has 1 aromatic carbocycles. The topological polar surface area (TPSA) is 62.5 Å². The van der Waals surface area contributed by atoms with E-state index in [0.29, 0.717) is 12.3 Å². The molecular weight excluding hydrogens is 230 g/mol. The van der Waals surface area contributed by atoms with Gasteiger partial charge in [0, 0.05) is 5.69 Å². The highest BCUT2D eigenvalue weighted by Crippen LogP contribution is 2.19. The Morgan fingerprint density at radius 2 is 2.06 bits per heavy atom. The lowest BCUT2D eigenvalue weighted by Crippen LogP contribution is -2.01. The van der Waals surface area contributed by atoms with E-state index in [1.54, 1.807) is 6.07 Å². The van der Waals surface area contributed by atoms with Gasteiger partial charge in [-0.25, -0.2) is 4.79 Å². The first-order chi connectivity index (χ1) is 8.58. The van der Waals surface area contributed by atoms with Gasteiger partial charge in [0.15, 0.2) is 0 Å². The summed E-state index contributed by atoms with van der Waals surface area (Å²) in [7, 11) is 0. The first-order valence-corrected chi connectivity index (χ1v) is 5.70. The normalized spacial score (nSPS) is 10.3. The summed E-state index contributed by atoms with van der Waals surface area (Å²) in [5, 5.41) is 12.0. The fourth-order valence-electron chi connectivity index (χ4n) is 1.71. The largest absolute Gasteiger partial charge is 0.475 e. The Morgan fingerprint density at radius 3 is 2.72 bits per heavy atom. The third kappa shape index (κ3) is 2.53. The van der Waals surface area contributed by atoms with Gasteiger partial charge in [-0.05, 0) is 43.2 Å². The molecule has 0 saturated heterocycles. The Labute approximate surface area is 105 Å². The van der Waals surface area contributed by atoms with Crippen LogP contribution in [0.5, 0.6) is 0 Å². The van der Waals surface area contributed by atoms with Gasteiger partial charge in [-0.15, -0.1) is 0 Å². The number of hydrogen-bond donors (Lipinski definition) is 2. The van der Waals surface area contributed by atoms with Crippen molar-refractivity contribution in [2.45, 2.75) is 20.4 Å². The molecule has 2 N–H and O–H groups in total. The van der Waals surface area contributed by atoms with Gasteiger partial charge >= 0.3 is 5.97 Å². The molecule has 1 aromatic heterocycles. The third-order valence-corrected chi connectivity index (χ3v) is 2.93. The molecule has 4 heteroatoms. The van der Waals surface area contributed by atoms with Crippen LogP contribution >= 0.6 is 0 Å². The van der Waals surface area contributed by atoms with Gasteiger partial charge in [-0.2, -0.15) is 0 Å². The van der Waals surface area contributed by atoms with Gasteiger partial charge < -0.3 is 14.8 Å². The molecule has 4 nitrogen and oxygen atoms in total. The van der Waals surface area contributed by atoms with Crippen LogP contribution in [0, 0.1) is 13.8 Å². The maximum absolute atomic E-state index is 10.7. The van der Waals surface area contributed by atoms with Crippen molar-refractivity contribution in [3.05, 3.63) is 53.0 Å². The smallest absolute Gasteiger partial charge is 0.371 e. The predicted molar refractivity (Wildman–Crippen MR) is 68.9 cm³/mol. The van der Waals surface area contributed by atoms with Crippen molar-refractivity contribution in [1.29, 1.82) is 0 Å². The average molecular weight is 245 g/mol. The molecule has 1 heterocycles. The zero-order valence-electron chi connectivity index (χ0n) is 10.4. The number of hydrogen-bond acceptors (Lipinski definition) is 3. The summed E-state index contributed by atoms with van der Waals surface area (Å²) in [6, 6.07) is 9.15. The number of nitrogens with one attached hydrogen (secondary N) is 1. The predicted octanol–water partition coefficient (Wildman–Crippen LogP) is 3.21. The van der Waals surface area contributed by atoms with E-state index in [2.05, 4.69) is 18.3 Å². The van der Waals surface area contributed by atoms with Crippen molar-refractivity contribution in [2.75, 3.05) is 5.32 Å². The lowest BCUT2D eigenvalue weighted by molar-refractivity contribution is 0.0660. The number of carboxylic acid groups (broad SMARTS) is 1. The van der Waals surface area contributed by atoms with Crippen molar-refractivity contribution in [3.63, 3.8) is 0 Å². The molecule has 0 spiro atoms. The lowest BCUT2D eigenvalue weighted by Gasteiger charge is -2.09. The maximum Gasteiger partial charge on any atom is 0.371 e. The highest BCUT2D eigenvalue weighted by atomic mass is 16.4. The van der Waals surface area contributed by atoms with Crippen LogP contribution in [-0.2, 0) is 6.54 Å². The first kappa shape index (κ1) is 12.2. The number of benzene rings is 1. The quantitative estimate of drug-likeness (QED) is 0.868. The molecule has 0 atom stereocenters. The highest BCUT2D eigenvalue weighted by Gasteiger charge is 2.09. The average Bonchev–Trinajstić information content (AvgIpc) is 2.80. The fraction of sp³-hybridized carbons (Fsp3) is 0.214. The van der Waals surface area contributed by atoms with Crippen LogP contribution in [-0.4, -0.2) is 11.1 Å². The van der Waals surface area contributed by atoms with Crippen LogP contribution in [0.4, 0.5) is 5.69 Å². The summed E-state index contributed by atoms with van der Waals surface area (Å²) < 4.78 is 5.17. The number of furan rings is 1. The van der Waals surface area contributed by atoms with Gasteiger partial charge in [0.2, 0.25) is 5.76 Å². The van der Waals surface area contributed by atoms with Gasteiger partial charge in [0.1, 0.15) is 5.76 Å². The Hall–Kier alpha value is -2.23. The van der Waals surface area contributed by atoms with Crippen molar-refractivity contribution >= 4 is 11.7 Å². The van der Waals surface area contributed by atoms with Crippen LogP contribution in [0.3, 0.4) is 0 Å². The van der Waals surface area contributed by atoms with E-state index in [-0.39, 0.29) is 5.76 Å². The number of carbonyl (C=O) groups is 1. The first-order valence-electron chi connectivity index (χ1n) is 5.70. The molecule has 0 aliphatic carbocycles. The molecule has 0 saturated carbocycles. The lowest BCUT2D eigenvalue weighted by atomic mass is 10.1. The second-order valence-corrected chi connectivity index (χ2v) is 4.17. The van der Waals surface area contributed by atoms with Crippen LogP contribution in [0.15, 0.2) is 34.7 Å². The molecule has 0 aliphatic heterocycles. The molecular formula is C14H15NO3. The minimum atomic E-state index is -1.05. The minimum absolute atomic E-state index is 0.0345. The number of aryl methyl sites for hydroxylation is 1. The molecule has 0 unspecified atom stereocenters. The third-order valence-electron chi connectivity index (χ3n) is 2.93. The van der Waals surface area contributed by atoms with Crippen LogP contribution < -0.4 is 5.32 Å². The summed E-state index contributed by atoms with van der Waals surface area (Å²) in [6.45, 7) is 4.57. The standard InChI is InChI=1S/C14H15NO3/c1-9-4-3-5-12(10(9)2)15-8-11-6-7-13(18-11)14(16)17/h3-7,15H,8H2,1-2H3,(H,16,17). The highest BCUT2D eigenvalue weighted by molar-refractivity contribution is 5.84. The van der Waals surface area contributed by atoms with E-state index < -0.39 is 5.97 Å². The zero-order valence-corrected chi connectivity index (χ0v) is 10.4. The van der Waals surface area contributed by atoms with E-state index in [4.69, 9.17) is 9.52 Å². The Kier molecular flexibility index (Phi) is 3.37. The number of anilines is 1. The van der Waals surface area contributed by atoms with Crippen LogP contribution in [0.1, 0.15) is 27.4 Å². The van der Waals surface area contributed by atoms with Crippen molar-refractivity contribution in [2.24, 2.45) is 0 Å². The van der Waals surface area contributed by atoms with Crippen molar-refractivity contribution < 1.29 is 14.3 Å². The molecule has 0 fully saturated rings. The Balaban J connectivity index is 2.07. The summed E-state index contributed by atoms with van der Waals surface area (Å²) in [4.78, 5) is 10.7. The van der Waals surface area contributed by atoms with E-state index in [9.17, 15) is 4.79 Å². The Morgan fingerprint density at radius 1 is 1.28 bits per heavy atom. The summed E-state index contributed by atoms with van der Waals surface area (Å²) in [5.74, 6) is -0.478. The monoisotopic (exact) mass is 245 g/mol. The van der Waals surface area contributed by atoms with E-state index in [1.807, 2.05) is 19.1 Å². The maximum atomic E-state index is 10.7. The van der Waals surface area contributed by atoms with Gasteiger partial charge in [0.25, 0.3) is 0 Å². The molecule has 0 aliphatic rings. The zero-order chi connectivity index (χ0) is 13.1. The molecule has 18 heavy (non-hydrogen) atoms. The molecule has 0 radical (unpaired) electrons. The van der Waals surface area contributed by atoms with Crippen molar-refractivity contribution in [3.8, 4) is 0 Å². The van der Waals surface area contributed by atoms with Gasteiger partial charge in [-0.3, -0.25) is 0 Å². The summed E-state index contributed by atoms with van der Waals surface area (Å²) in [6.07, 6.45) is 0. The molecule has 94 valence electrons. The van der Waals surface area contributed by atoms with E-state index >= 15 is 0 Å². The molecule has 2 aromatic rings. The SMILES string of the molecule is Cc1cccc(NCc2ccc(C(=O)O)o2)c1C.